The van der Waals surface area contributed by atoms with Crippen molar-refractivity contribution in [2.75, 3.05) is 11.1 Å². The summed E-state index contributed by atoms with van der Waals surface area (Å²) in [5.41, 5.74) is 6.00. The zero-order valence-electron chi connectivity index (χ0n) is 24.8. The van der Waals surface area contributed by atoms with Crippen LogP contribution in [0.3, 0.4) is 0 Å². The number of aryl methyl sites for hydroxylation is 1. The van der Waals surface area contributed by atoms with Gasteiger partial charge in [0.05, 0.1) is 25.1 Å². The number of carbonyl (C=O) groups is 1. The summed E-state index contributed by atoms with van der Waals surface area (Å²) in [5.74, 6) is -0.450. The SMILES string of the molecule is [2H]c1sc(N)nc1CC(=O)Nc1ccc(C([2H])([2H])C([2H])([2H])CC[C@H](O)c2c([2H])c([2H])c(C)c([2H])c2[2H])cc1. The Morgan fingerprint density at radius 3 is 2.69 bits per heavy atom. The van der Waals surface area contributed by atoms with Crippen LogP contribution in [-0.2, 0) is 17.6 Å². The summed E-state index contributed by atoms with van der Waals surface area (Å²) < 4.78 is 73.4. The van der Waals surface area contributed by atoms with Gasteiger partial charge in [-0.25, -0.2) is 4.98 Å². The van der Waals surface area contributed by atoms with E-state index in [2.05, 4.69) is 10.3 Å². The summed E-state index contributed by atoms with van der Waals surface area (Å²) in [6, 6.07) is 4.12. The number of nitrogens with one attached hydrogen (secondary N) is 1. The van der Waals surface area contributed by atoms with Crippen LogP contribution in [0.1, 0.15) is 60.0 Å². The molecule has 3 rings (SSSR count). The van der Waals surface area contributed by atoms with Crippen molar-refractivity contribution >= 4 is 28.1 Å². The fraction of sp³-hybridized carbons (Fsp3) is 0.304. The monoisotopic (exact) mass is 418 g/mol. The minimum absolute atomic E-state index is 0.00436. The Bertz CT molecular complexity index is 1320. The van der Waals surface area contributed by atoms with Crippen LogP contribution < -0.4 is 11.1 Å². The molecule has 2 aromatic carbocycles. The standard InChI is InChI=1S/C23H27N3O2S/c1-16-6-10-18(11-7-16)21(27)5-3-2-4-17-8-12-19(13-9-17)25-22(28)14-20-15-29-23(24)26-20/h6-13,15,21,27H,2-5,14H2,1H3,(H2,24,26)(H,25,28)/t21-/m0/s1/i2D2,4D2,6D,7D,10D,11D,15D. The van der Waals surface area contributed by atoms with Gasteiger partial charge in [0, 0.05) is 16.5 Å². The number of amides is 1. The fourth-order valence-corrected chi connectivity index (χ4v) is 2.92. The molecular formula is C23H27N3O2S. The molecule has 5 nitrogen and oxygen atoms in total. The van der Waals surface area contributed by atoms with E-state index in [1.165, 1.54) is 31.2 Å². The molecule has 0 aliphatic carbocycles. The highest BCUT2D eigenvalue weighted by Gasteiger charge is 2.08. The van der Waals surface area contributed by atoms with Crippen molar-refractivity contribution in [2.24, 2.45) is 0 Å². The number of thiazole rings is 1. The Morgan fingerprint density at radius 2 is 2.03 bits per heavy atom. The Labute approximate surface area is 188 Å². The van der Waals surface area contributed by atoms with E-state index in [-0.39, 0.29) is 57.8 Å². The van der Waals surface area contributed by atoms with Gasteiger partial charge < -0.3 is 16.2 Å². The van der Waals surface area contributed by atoms with Crippen LogP contribution in [0.15, 0.2) is 53.8 Å². The van der Waals surface area contributed by atoms with Gasteiger partial charge in [0.25, 0.3) is 0 Å². The average Bonchev–Trinajstić information content (AvgIpc) is 3.16. The number of aliphatic hydroxyl groups excluding tert-OH is 1. The third-order valence-electron chi connectivity index (χ3n) is 3.89. The third-order valence-corrected chi connectivity index (χ3v) is 4.53. The molecule has 0 spiro atoms. The van der Waals surface area contributed by atoms with E-state index in [0.29, 0.717) is 5.69 Å². The van der Waals surface area contributed by atoms with Gasteiger partial charge in [0.15, 0.2) is 5.13 Å². The first-order chi connectivity index (χ1) is 17.6. The van der Waals surface area contributed by atoms with Gasteiger partial charge >= 0.3 is 0 Å². The maximum atomic E-state index is 12.3. The molecule has 0 aliphatic rings. The summed E-state index contributed by atoms with van der Waals surface area (Å²) in [4.78, 5) is 16.2. The van der Waals surface area contributed by atoms with Gasteiger partial charge in [0.1, 0.15) is 0 Å². The number of rotatable bonds is 9. The highest BCUT2D eigenvalue weighted by atomic mass is 32.1. The second kappa shape index (κ2) is 10.2. The van der Waals surface area contributed by atoms with Crippen molar-refractivity contribution in [1.82, 2.24) is 4.98 Å². The molecule has 152 valence electrons. The molecular weight excluding hydrogens is 382 g/mol. The van der Waals surface area contributed by atoms with E-state index >= 15 is 0 Å². The van der Waals surface area contributed by atoms with E-state index in [1.807, 2.05) is 0 Å². The third kappa shape index (κ3) is 6.69. The molecule has 1 heterocycles. The van der Waals surface area contributed by atoms with Crippen LogP contribution in [0.5, 0.6) is 0 Å². The number of aliphatic hydroxyl groups is 1. The normalized spacial score (nSPS) is 17.4. The predicted molar refractivity (Wildman–Crippen MR) is 119 cm³/mol. The zero-order valence-corrected chi connectivity index (χ0v) is 16.6. The van der Waals surface area contributed by atoms with E-state index in [4.69, 9.17) is 18.1 Å². The molecule has 4 N–H and O–H groups in total. The molecule has 0 fully saturated rings. The first-order valence-electron chi connectivity index (χ1n) is 13.4. The lowest BCUT2D eigenvalue weighted by Gasteiger charge is -2.11. The molecule has 0 saturated heterocycles. The largest absolute Gasteiger partial charge is 0.388 e. The van der Waals surface area contributed by atoms with E-state index in [9.17, 15) is 9.90 Å². The summed E-state index contributed by atoms with van der Waals surface area (Å²) in [5, 5.41) is 13.5. The maximum absolute atomic E-state index is 12.3. The van der Waals surface area contributed by atoms with E-state index < -0.39 is 43.3 Å². The number of nitrogens with two attached hydrogens (primary N) is 1. The topological polar surface area (TPSA) is 88.2 Å². The van der Waals surface area contributed by atoms with Crippen LogP contribution >= 0.6 is 11.3 Å². The summed E-state index contributed by atoms with van der Waals surface area (Å²) in [6.45, 7) is 1.44. The van der Waals surface area contributed by atoms with Crippen LogP contribution in [0.4, 0.5) is 10.8 Å². The lowest BCUT2D eigenvalue weighted by molar-refractivity contribution is -0.115. The molecule has 29 heavy (non-hydrogen) atoms. The van der Waals surface area contributed by atoms with Crippen molar-refractivity contribution in [3.05, 3.63) is 76.2 Å². The Morgan fingerprint density at radius 1 is 1.31 bits per heavy atom. The number of hydrogen-bond acceptors (Lipinski definition) is 5. The van der Waals surface area contributed by atoms with Gasteiger partial charge in [-0.15, -0.1) is 11.3 Å². The van der Waals surface area contributed by atoms with Crippen LogP contribution in [0.2, 0.25) is 0 Å². The maximum Gasteiger partial charge on any atom is 0.230 e. The molecule has 1 amide bonds. The van der Waals surface area contributed by atoms with Crippen molar-refractivity contribution in [3.8, 4) is 0 Å². The molecule has 3 aromatic rings. The van der Waals surface area contributed by atoms with Gasteiger partial charge in [-0.3, -0.25) is 4.79 Å². The van der Waals surface area contributed by atoms with Crippen LogP contribution in [0, 0.1) is 6.92 Å². The van der Waals surface area contributed by atoms with Crippen molar-refractivity contribution < 1.29 is 22.2 Å². The Hall–Kier alpha value is -2.70. The minimum atomic E-state index is -2.50. The molecule has 6 heteroatoms. The van der Waals surface area contributed by atoms with Gasteiger partial charge in [-0.05, 0) is 49.4 Å². The highest BCUT2D eigenvalue weighted by molar-refractivity contribution is 7.13. The number of hydrogen-bond donors (Lipinski definition) is 3. The fourth-order valence-electron chi connectivity index (χ4n) is 2.43. The van der Waals surface area contributed by atoms with Gasteiger partial charge in [0.2, 0.25) is 5.91 Å². The number of carbonyl (C=O) groups excluding carboxylic acids is 1. The minimum Gasteiger partial charge on any atom is -0.388 e. The number of aromatic nitrogens is 1. The van der Waals surface area contributed by atoms with Crippen molar-refractivity contribution in [1.29, 1.82) is 0 Å². The smallest absolute Gasteiger partial charge is 0.230 e. The molecule has 0 unspecified atom stereocenters. The quantitative estimate of drug-likeness (QED) is 0.471. The number of nitrogens with zero attached hydrogens (tertiary/aromatic N) is 1. The molecule has 0 radical (unpaired) electrons. The van der Waals surface area contributed by atoms with Crippen LogP contribution in [-0.4, -0.2) is 16.0 Å². The summed E-state index contributed by atoms with van der Waals surface area (Å²) in [6.07, 6.45) is -7.47. The molecule has 0 saturated carbocycles. The van der Waals surface area contributed by atoms with E-state index in [0.717, 1.165) is 11.3 Å². The zero-order chi connectivity index (χ0) is 28.6. The highest BCUT2D eigenvalue weighted by Crippen LogP contribution is 2.21. The average molecular weight is 419 g/mol. The summed E-state index contributed by atoms with van der Waals surface area (Å²) >= 11 is 0.957. The van der Waals surface area contributed by atoms with Crippen molar-refractivity contribution in [2.45, 2.75) is 45.0 Å². The summed E-state index contributed by atoms with van der Waals surface area (Å²) in [7, 11) is 0. The second-order valence-corrected chi connectivity index (χ2v) is 7.12. The number of anilines is 2. The second-order valence-electron chi connectivity index (χ2n) is 6.30. The number of benzene rings is 2. The van der Waals surface area contributed by atoms with Gasteiger partial charge in [-0.2, -0.15) is 0 Å². The lowest BCUT2D eigenvalue weighted by atomic mass is 10.0. The predicted octanol–water partition coefficient (Wildman–Crippen LogP) is 4.66. The Balaban J connectivity index is 1.70. The Kier molecular flexibility index (Phi) is 4.25. The van der Waals surface area contributed by atoms with Gasteiger partial charge in [-0.1, -0.05) is 48.3 Å². The molecule has 0 bridgehead atoms. The molecule has 1 atom stereocenters. The van der Waals surface area contributed by atoms with E-state index in [1.54, 1.807) is 0 Å². The molecule has 1 aromatic heterocycles. The number of nitrogen functional groups attached to an aromatic ring is 1. The lowest BCUT2D eigenvalue weighted by Crippen LogP contribution is -2.14. The van der Waals surface area contributed by atoms with Crippen molar-refractivity contribution in [3.63, 3.8) is 0 Å². The first-order valence-corrected chi connectivity index (χ1v) is 9.75. The first kappa shape index (κ1) is 12.1. The molecule has 0 aliphatic heterocycles. The van der Waals surface area contributed by atoms with Crippen LogP contribution in [0.25, 0.3) is 0 Å².